The fourth-order valence-corrected chi connectivity index (χ4v) is 8.27. The Hall–Kier alpha value is -4.18. The molecule has 1 amide bonds. The van der Waals surface area contributed by atoms with Crippen molar-refractivity contribution in [2.24, 2.45) is 5.14 Å². The van der Waals surface area contributed by atoms with Crippen molar-refractivity contribution in [3.63, 3.8) is 0 Å². The van der Waals surface area contributed by atoms with Gasteiger partial charge in [0.05, 0.1) is 48.0 Å². The molecule has 4 N–H and O–H groups in total. The maximum Gasteiger partial charge on any atom is 0.247 e. The molecule has 0 radical (unpaired) electrons. The van der Waals surface area contributed by atoms with Crippen molar-refractivity contribution in [1.82, 2.24) is 30.6 Å². The molecule has 1 fully saturated rings. The van der Waals surface area contributed by atoms with Gasteiger partial charge in [0.15, 0.2) is 0 Å². The van der Waals surface area contributed by atoms with Crippen LogP contribution in [0.3, 0.4) is 0 Å². The molecule has 1 atom stereocenters. The van der Waals surface area contributed by atoms with Gasteiger partial charge in [-0.3, -0.25) is 14.8 Å². The Kier molecular flexibility index (Phi) is 11.5. The lowest BCUT2D eigenvalue weighted by Gasteiger charge is -2.15. The fraction of sp³-hybridized carbons (Fsp3) is 0.286. The van der Waals surface area contributed by atoms with Gasteiger partial charge in [-0.05, 0) is 37.8 Å². The van der Waals surface area contributed by atoms with Crippen molar-refractivity contribution in [1.29, 1.82) is 0 Å². The molecule has 266 valence electrons. The molecule has 1 saturated heterocycles. The Labute approximate surface area is 309 Å². The summed E-state index contributed by atoms with van der Waals surface area (Å²) in [7, 11) is -0.660. The number of rotatable bonds is 14. The minimum Gasteiger partial charge on any atom is -0.480 e. The van der Waals surface area contributed by atoms with E-state index in [0.29, 0.717) is 87.1 Å². The molecule has 0 saturated carbocycles. The number of aryl methyl sites for hydroxylation is 1. The summed E-state index contributed by atoms with van der Waals surface area (Å²) in [6.45, 7) is 0.731. The lowest BCUT2D eigenvalue weighted by molar-refractivity contribution is -0.119. The van der Waals surface area contributed by atoms with Crippen molar-refractivity contribution < 1.29 is 22.7 Å². The number of ether oxygens (including phenoxy) is 2. The topological polar surface area (TPSA) is 171 Å². The average molecular weight is 769 g/mol. The molecule has 12 nitrogen and oxygen atoms in total. The molecule has 51 heavy (non-hydrogen) atoms. The highest BCUT2D eigenvalue weighted by Gasteiger charge is 2.22. The molecule has 0 unspecified atom stereocenters. The molecule has 5 aromatic rings. The van der Waals surface area contributed by atoms with Crippen LogP contribution in [0.1, 0.15) is 41.9 Å². The number of hydrogen-bond donors (Lipinski definition) is 3. The molecule has 2 aromatic carbocycles. The van der Waals surface area contributed by atoms with E-state index in [2.05, 4.69) is 20.6 Å². The second kappa shape index (κ2) is 16.0. The number of carbonyl (C=O) groups excluding carboxylic acids is 1. The van der Waals surface area contributed by atoms with Crippen LogP contribution < -0.4 is 25.2 Å². The minimum absolute atomic E-state index is 0.107. The number of nitrogens with zero attached hydrogens (tertiary/aromatic N) is 4. The maximum atomic E-state index is 11.6. The van der Waals surface area contributed by atoms with Crippen LogP contribution >= 0.6 is 34.5 Å². The molecule has 0 bridgehead atoms. The van der Waals surface area contributed by atoms with Gasteiger partial charge in [-0.2, -0.15) is 0 Å². The molecule has 16 heteroatoms. The first-order valence-electron chi connectivity index (χ1n) is 16.0. The third-order valence-corrected chi connectivity index (χ3v) is 11.7. The van der Waals surface area contributed by atoms with E-state index >= 15 is 0 Å². The fourth-order valence-electron chi connectivity index (χ4n) is 5.87. The van der Waals surface area contributed by atoms with Gasteiger partial charge >= 0.3 is 0 Å². The summed E-state index contributed by atoms with van der Waals surface area (Å²) >= 11 is 15.2. The summed E-state index contributed by atoms with van der Waals surface area (Å²) in [5.74, 6) is 0.858. The normalized spacial score (nSPS) is 14.5. The summed E-state index contributed by atoms with van der Waals surface area (Å²) in [5, 5.41) is 12.3. The van der Waals surface area contributed by atoms with Crippen molar-refractivity contribution in [2.45, 2.75) is 55.4 Å². The number of carbonyl (C=O) groups is 1. The smallest absolute Gasteiger partial charge is 0.247 e. The first-order valence-corrected chi connectivity index (χ1v) is 19.2. The van der Waals surface area contributed by atoms with Crippen molar-refractivity contribution in [3.8, 4) is 45.4 Å². The maximum absolute atomic E-state index is 11.6. The summed E-state index contributed by atoms with van der Waals surface area (Å²) in [5.41, 5.74) is 5.07. The van der Waals surface area contributed by atoms with Gasteiger partial charge < -0.3 is 20.1 Å². The van der Waals surface area contributed by atoms with E-state index in [1.807, 2.05) is 36.4 Å². The zero-order valence-corrected chi connectivity index (χ0v) is 30.9. The van der Waals surface area contributed by atoms with E-state index in [9.17, 15) is 13.2 Å². The predicted octanol–water partition coefficient (Wildman–Crippen LogP) is 6.19. The van der Waals surface area contributed by atoms with Gasteiger partial charge in [-0.15, -0.1) is 11.3 Å². The number of aromatic nitrogens is 4. The van der Waals surface area contributed by atoms with E-state index in [1.165, 1.54) is 13.2 Å². The van der Waals surface area contributed by atoms with Crippen molar-refractivity contribution in [2.75, 3.05) is 14.2 Å². The lowest BCUT2D eigenvalue weighted by Crippen LogP contribution is -2.25. The monoisotopic (exact) mass is 767 g/mol. The van der Waals surface area contributed by atoms with E-state index in [-0.39, 0.29) is 16.2 Å². The number of benzene rings is 2. The number of hydrogen-bond acceptors (Lipinski definition) is 11. The van der Waals surface area contributed by atoms with Gasteiger partial charge in [-0.1, -0.05) is 59.6 Å². The number of primary sulfonamides is 1. The predicted molar refractivity (Wildman–Crippen MR) is 197 cm³/mol. The summed E-state index contributed by atoms with van der Waals surface area (Å²) in [6, 6.07) is 14.6. The van der Waals surface area contributed by atoms with Gasteiger partial charge in [0, 0.05) is 52.7 Å². The second-order valence-corrected chi connectivity index (χ2v) is 15.5. The van der Waals surface area contributed by atoms with Crippen molar-refractivity contribution >= 4 is 50.5 Å². The largest absolute Gasteiger partial charge is 0.480 e. The third-order valence-electron chi connectivity index (χ3n) is 8.41. The van der Waals surface area contributed by atoms with Gasteiger partial charge in [-0.25, -0.2) is 23.5 Å². The van der Waals surface area contributed by atoms with Gasteiger partial charge in [0.1, 0.15) is 15.6 Å². The van der Waals surface area contributed by atoms with Crippen LogP contribution in [0.15, 0.2) is 65.1 Å². The highest BCUT2D eigenvalue weighted by atomic mass is 35.5. The van der Waals surface area contributed by atoms with E-state index < -0.39 is 10.0 Å². The minimum atomic E-state index is -3.74. The lowest BCUT2D eigenvalue weighted by atomic mass is 9.98. The standard InChI is InChI=1S/C35H35Cl2N7O5S2/c1-48-34-26(11-3-6-20-12-14-30(45)42-20)40-18-27(43-34)24-9-4-7-22(32(24)36)23-8-5-10-25(33(23)37)28-19-41-29(35(44-28)49-2)17-39-16-21-13-15-31(50-21)51(38,46)47/h4-5,7-10,13,15,18-20,39H,3,6,11-12,14,16-17H2,1-2H3,(H,42,45)(H2,38,46,47)/t20-/m1/s1. The van der Waals surface area contributed by atoms with Crippen LogP contribution in [0, 0.1) is 0 Å². The summed E-state index contributed by atoms with van der Waals surface area (Å²) in [6.07, 6.45) is 7.15. The van der Waals surface area contributed by atoms with Crippen LogP contribution in [-0.2, 0) is 34.3 Å². The van der Waals surface area contributed by atoms with E-state index in [1.54, 1.807) is 25.6 Å². The number of amides is 1. The second-order valence-electron chi connectivity index (χ2n) is 11.8. The van der Waals surface area contributed by atoms with Crippen LogP contribution in [0.25, 0.3) is 33.6 Å². The van der Waals surface area contributed by atoms with Crippen LogP contribution in [0.4, 0.5) is 0 Å². The molecular formula is C35H35Cl2N7O5S2. The molecule has 0 aliphatic carbocycles. The number of halogens is 2. The van der Waals surface area contributed by atoms with Crippen LogP contribution in [0.2, 0.25) is 10.0 Å². The molecule has 6 rings (SSSR count). The highest BCUT2D eigenvalue weighted by Crippen LogP contribution is 2.42. The van der Waals surface area contributed by atoms with E-state index in [0.717, 1.165) is 41.2 Å². The molecule has 1 aliphatic heterocycles. The Morgan fingerprint density at radius 2 is 1.47 bits per heavy atom. The molecule has 1 aliphatic rings. The van der Waals surface area contributed by atoms with Crippen LogP contribution in [-0.4, -0.2) is 54.5 Å². The zero-order chi connectivity index (χ0) is 36.1. The molecule has 0 spiro atoms. The number of thiophene rings is 1. The zero-order valence-electron chi connectivity index (χ0n) is 27.8. The Morgan fingerprint density at radius 1 is 0.882 bits per heavy atom. The number of sulfonamides is 1. The molecular weight excluding hydrogens is 733 g/mol. The summed E-state index contributed by atoms with van der Waals surface area (Å²) in [4.78, 5) is 31.0. The Bertz CT molecular complexity index is 2180. The first-order chi connectivity index (χ1) is 24.5. The molecule has 3 aromatic heterocycles. The highest BCUT2D eigenvalue weighted by molar-refractivity contribution is 7.91. The Balaban J connectivity index is 1.19. The average Bonchev–Trinajstić information content (AvgIpc) is 3.78. The van der Waals surface area contributed by atoms with Gasteiger partial charge in [0.25, 0.3) is 0 Å². The quantitative estimate of drug-likeness (QED) is 0.118. The first kappa shape index (κ1) is 36.6. The SMILES string of the molecule is COc1nc(-c2cccc(-c3cccc(-c4cnc(CNCc5ccc(S(N)(=O)=O)s5)c(OC)n4)c3Cl)c2Cl)cnc1CCC[C@@H]1CCC(=O)N1. The van der Waals surface area contributed by atoms with E-state index in [4.69, 9.17) is 47.8 Å². The summed E-state index contributed by atoms with van der Waals surface area (Å²) < 4.78 is 34.5. The molecule has 4 heterocycles. The number of nitrogens with two attached hydrogens (primary N) is 1. The number of nitrogens with one attached hydrogen (secondary N) is 2. The third kappa shape index (κ3) is 8.49. The number of methoxy groups -OCH3 is 2. The van der Waals surface area contributed by atoms with Crippen molar-refractivity contribution in [3.05, 3.63) is 87.2 Å². The van der Waals surface area contributed by atoms with Gasteiger partial charge in [0.2, 0.25) is 27.7 Å². The Morgan fingerprint density at radius 3 is 2.02 bits per heavy atom. The van der Waals surface area contributed by atoms with Crippen LogP contribution in [0.5, 0.6) is 11.8 Å².